The van der Waals surface area contributed by atoms with Gasteiger partial charge in [-0.15, -0.1) is 0 Å². The summed E-state index contributed by atoms with van der Waals surface area (Å²) in [7, 11) is 0. The van der Waals surface area contributed by atoms with Crippen LogP contribution in [0.15, 0.2) is 36.4 Å². The number of carbonyl (C=O) groups excluding carboxylic acids is 2. The molecule has 0 spiro atoms. The summed E-state index contributed by atoms with van der Waals surface area (Å²) < 4.78 is 9.69. The quantitative estimate of drug-likeness (QED) is 0.472. The van der Waals surface area contributed by atoms with Gasteiger partial charge in [-0.3, -0.25) is 0 Å². The number of carboxylic acid groups (broad SMARTS) is 1. The Bertz CT molecular complexity index is 621. The Morgan fingerprint density at radius 2 is 1.87 bits per heavy atom. The van der Waals surface area contributed by atoms with Crippen molar-refractivity contribution in [1.82, 2.24) is 5.32 Å². The topological polar surface area (TPSA) is 102 Å². The Balaban J connectivity index is 1.77. The second-order valence-electron chi connectivity index (χ2n) is 5.17. The number of ether oxygens (including phenoxy) is 2. The standard InChI is InChI=1S/C16H17NO6/c1-11(23-15(21)17-16(9-10-16)14(19)20)22-13(18)8-7-12-5-3-2-4-6-12/h2-8,11H,9-10H2,1H3,(H,17,21)(H,19,20)/b8-7+. The van der Waals surface area contributed by atoms with E-state index in [1.54, 1.807) is 6.08 Å². The monoisotopic (exact) mass is 319 g/mol. The number of benzene rings is 1. The van der Waals surface area contributed by atoms with E-state index in [-0.39, 0.29) is 0 Å². The predicted molar refractivity (Wildman–Crippen MR) is 80.2 cm³/mol. The maximum absolute atomic E-state index is 11.6. The number of hydrogen-bond donors (Lipinski definition) is 2. The first-order valence-electron chi connectivity index (χ1n) is 7.07. The van der Waals surface area contributed by atoms with Gasteiger partial charge in [0, 0.05) is 13.0 Å². The molecule has 1 aliphatic carbocycles. The molecule has 0 bridgehead atoms. The number of amides is 1. The van der Waals surface area contributed by atoms with E-state index in [1.807, 2.05) is 30.3 Å². The van der Waals surface area contributed by atoms with Gasteiger partial charge in [-0.2, -0.15) is 0 Å². The number of hydrogen-bond acceptors (Lipinski definition) is 5. The smallest absolute Gasteiger partial charge is 0.411 e. The molecule has 0 heterocycles. The van der Waals surface area contributed by atoms with Crippen molar-refractivity contribution in [1.29, 1.82) is 0 Å². The highest BCUT2D eigenvalue weighted by molar-refractivity contribution is 5.88. The summed E-state index contributed by atoms with van der Waals surface area (Å²) in [5.41, 5.74) is -0.415. The number of nitrogens with one attached hydrogen (secondary N) is 1. The SMILES string of the molecule is CC(OC(=O)/C=C/c1ccccc1)OC(=O)NC1(C(=O)O)CC1. The van der Waals surface area contributed by atoms with Crippen LogP contribution in [0.4, 0.5) is 4.79 Å². The lowest BCUT2D eigenvalue weighted by Gasteiger charge is -2.16. The van der Waals surface area contributed by atoms with Gasteiger partial charge in [0.1, 0.15) is 5.54 Å². The molecule has 1 unspecified atom stereocenters. The van der Waals surface area contributed by atoms with Crippen molar-refractivity contribution in [2.24, 2.45) is 0 Å². The highest BCUT2D eigenvalue weighted by Crippen LogP contribution is 2.35. The maximum atomic E-state index is 11.6. The van der Waals surface area contributed by atoms with E-state index in [0.29, 0.717) is 12.8 Å². The third-order valence-electron chi connectivity index (χ3n) is 3.27. The fourth-order valence-electron chi connectivity index (χ4n) is 1.85. The van der Waals surface area contributed by atoms with E-state index >= 15 is 0 Å². The molecular weight excluding hydrogens is 302 g/mol. The van der Waals surface area contributed by atoms with Crippen molar-refractivity contribution < 1.29 is 29.0 Å². The van der Waals surface area contributed by atoms with Gasteiger partial charge in [-0.1, -0.05) is 30.3 Å². The Kier molecular flexibility index (Phi) is 5.00. The van der Waals surface area contributed by atoms with E-state index in [1.165, 1.54) is 13.0 Å². The first kappa shape index (κ1) is 16.5. The molecule has 0 saturated heterocycles. The lowest BCUT2D eigenvalue weighted by molar-refractivity contribution is -0.159. The zero-order valence-electron chi connectivity index (χ0n) is 12.5. The predicted octanol–water partition coefficient (Wildman–Crippen LogP) is 1.93. The minimum atomic E-state index is -1.24. The van der Waals surface area contributed by atoms with Crippen molar-refractivity contribution in [2.45, 2.75) is 31.6 Å². The Morgan fingerprint density at radius 1 is 1.22 bits per heavy atom. The van der Waals surface area contributed by atoms with E-state index in [2.05, 4.69) is 5.32 Å². The molecule has 7 nitrogen and oxygen atoms in total. The highest BCUT2D eigenvalue weighted by Gasteiger charge is 2.52. The molecule has 2 rings (SSSR count). The lowest BCUT2D eigenvalue weighted by Crippen LogP contribution is -2.44. The number of carbonyl (C=O) groups is 3. The second-order valence-corrected chi connectivity index (χ2v) is 5.17. The van der Waals surface area contributed by atoms with Crippen LogP contribution < -0.4 is 5.32 Å². The van der Waals surface area contributed by atoms with Crippen LogP contribution in [0.25, 0.3) is 6.08 Å². The van der Waals surface area contributed by atoms with Crippen LogP contribution in [0.5, 0.6) is 0 Å². The number of alkyl carbamates (subject to hydrolysis) is 1. The summed E-state index contributed by atoms with van der Waals surface area (Å²) in [6.45, 7) is 1.37. The molecule has 1 fully saturated rings. The molecule has 1 aromatic carbocycles. The van der Waals surface area contributed by atoms with Crippen molar-refractivity contribution in [3.63, 3.8) is 0 Å². The fourth-order valence-corrected chi connectivity index (χ4v) is 1.85. The first-order chi connectivity index (χ1) is 10.9. The summed E-state index contributed by atoms with van der Waals surface area (Å²) in [5.74, 6) is -1.78. The van der Waals surface area contributed by atoms with Crippen LogP contribution in [0, 0.1) is 0 Å². The molecule has 1 saturated carbocycles. The van der Waals surface area contributed by atoms with E-state index in [0.717, 1.165) is 5.56 Å². The van der Waals surface area contributed by atoms with E-state index in [9.17, 15) is 14.4 Å². The Morgan fingerprint density at radius 3 is 2.43 bits per heavy atom. The molecular formula is C16H17NO6. The van der Waals surface area contributed by atoms with Crippen molar-refractivity contribution in [2.75, 3.05) is 0 Å². The third kappa shape index (κ3) is 4.84. The largest absolute Gasteiger partial charge is 0.480 e. The van der Waals surface area contributed by atoms with Gasteiger partial charge in [-0.25, -0.2) is 14.4 Å². The molecule has 0 aromatic heterocycles. The third-order valence-corrected chi connectivity index (χ3v) is 3.27. The van der Waals surface area contributed by atoms with Gasteiger partial charge in [-0.05, 0) is 24.5 Å². The fraction of sp³-hybridized carbons (Fsp3) is 0.312. The first-order valence-corrected chi connectivity index (χ1v) is 7.07. The van der Waals surface area contributed by atoms with Gasteiger partial charge in [0.15, 0.2) is 0 Å². The van der Waals surface area contributed by atoms with Gasteiger partial charge in [0.05, 0.1) is 0 Å². The molecule has 7 heteroatoms. The summed E-state index contributed by atoms with van der Waals surface area (Å²) in [6.07, 6.45) is 1.42. The Labute approximate surface area is 132 Å². The zero-order chi connectivity index (χ0) is 16.9. The zero-order valence-corrected chi connectivity index (χ0v) is 12.5. The van der Waals surface area contributed by atoms with Crippen LogP contribution >= 0.6 is 0 Å². The summed E-state index contributed by atoms with van der Waals surface area (Å²) >= 11 is 0. The van der Waals surface area contributed by atoms with Crippen molar-refractivity contribution in [3.05, 3.63) is 42.0 Å². The van der Waals surface area contributed by atoms with Crippen molar-refractivity contribution in [3.8, 4) is 0 Å². The van der Waals surface area contributed by atoms with Crippen LogP contribution in [-0.4, -0.2) is 35.0 Å². The number of rotatable bonds is 6. The molecule has 2 N–H and O–H groups in total. The summed E-state index contributed by atoms with van der Waals surface area (Å²) in [4.78, 5) is 34.1. The Hall–Kier alpha value is -2.83. The van der Waals surface area contributed by atoms with Gasteiger partial charge >= 0.3 is 18.0 Å². The van der Waals surface area contributed by atoms with Crippen LogP contribution in [0.1, 0.15) is 25.3 Å². The summed E-state index contributed by atoms with van der Waals surface area (Å²) in [6, 6.07) is 9.15. The van der Waals surface area contributed by atoms with E-state index < -0.39 is 29.9 Å². The number of carboxylic acids is 1. The van der Waals surface area contributed by atoms with Crippen LogP contribution in [0.2, 0.25) is 0 Å². The maximum Gasteiger partial charge on any atom is 0.411 e. The molecule has 0 radical (unpaired) electrons. The summed E-state index contributed by atoms with van der Waals surface area (Å²) in [5, 5.41) is 11.2. The molecule has 122 valence electrons. The number of esters is 1. The average molecular weight is 319 g/mol. The minimum absolute atomic E-state index is 0.353. The number of aliphatic carboxylic acids is 1. The molecule has 1 aliphatic rings. The molecule has 1 atom stereocenters. The van der Waals surface area contributed by atoms with Crippen molar-refractivity contribution >= 4 is 24.1 Å². The van der Waals surface area contributed by atoms with Gasteiger partial charge in [0.2, 0.25) is 6.29 Å². The molecule has 1 amide bonds. The second kappa shape index (κ2) is 6.95. The van der Waals surface area contributed by atoms with Gasteiger partial charge in [0.25, 0.3) is 0 Å². The highest BCUT2D eigenvalue weighted by atomic mass is 16.7. The lowest BCUT2D eigenvalue weighted by atomic mass is 10.2. The molecule has 23 heavy (non-hydrogen) atoms. The van der Waals surface area contributed by atoms with E-state index in [4.69, 9.17) is 14.6 Å². The normalized spacial score (nSPS) is 16.4. The minimum Gasteiger partial charge on any atom is -0.480 e. The van der Waals surface area contributed by atoms with Crippen LogP contribution in [-0.2, 0) is 19.1 Å². The van der Waals surface area contributed by atoms with Crippen LogP contribution in [0.3, 0.4) is 0 Å². The average Bonchev–Trinajstić information content (AvgIpc) is 3.26. The van der Waals surface area contributed by atoms with Gasteiger partial charge < -0.3 is 19.9 Å². The molecule has 1 aromatic rings. The molecule has 0 aliphatic heterocycles.